The Labute approximate surface area is 273 Å². The zero-order chi connectivity index (χ0) is 32.6. The number of nitrogens with one attached hydrogen (secondary N) is 3. The first-order chi connectivity index (χ1) is 22.0. The summed E-state index contributed by atoms with van der Waals surface area (Å²) in [5.41, 5.74) is 3.16. The molecule has 1 aliphatic heterocycles. The molecule has 1 fully saturated rings. The molecule has 4 aromatic rings. The first-order valence-electron chi connectivity index (χ1n) is 15.8. The van der Waals surface area contributed by atoms with Gasteiger partial charge in [0.2, 0.25) is 16.0 Å². The zero-order valence-corrected chi connectivity index (χ0v) is 27.7. The number of hydrogen-bond acceptors (Lipinski definition) is 9. The van der Waals surface area contributed by atoms with E-state index in [1.165, 1.54) is 11.1 Å². The monoisotopic (exact) mass is 643 g/mol. The molecule has 0 amide bonds. The summed E-state index contributed by atoms with van der Waals surface area (Å²) in [6, 6.07) is 26.8. The smallest absolute Gasteiger partial charge is 0.243 e. The number of rotatable bonds is 14. The molecule has 0 radical (unpaired) electrons. The van der Waals surface area contributed by atoms with Gasteiger partial charge in [-0.05, 0) is 81.6 Å². The van der Waals surface area contributed by atoms with Crippen molar-refractivity contribution in [2.75, 3.05) is 43.4 Å². The van der Waals surface area contributed by atoms with Gasteiger partial charge in [0.15, 0.2) is 0 Å². The summed E-state index contributed by atoms with van der Waals surface area (Å²) in [6.45, 7) is 9.14. The molecule has 0 atom stereocenters. The van der Waals surface area contributed by atoms with Gasteiger partial charge in [-0.1, -0.05) is 48.0 Å². The van der Waals surface area contributed by atoms with E-state index in [2.05, 4.69) is 43.0 Å². The average molecular weight is 644 g/mol. The van der Waals surface area contributed by atoms with Gasteiger partial charge in [0, 0.05) is 62.9 Å². The van der Waals surface area contributed by atoms with Crippen LogP contribution in [0.4, 0.5) is 23.1 Å². The van der Waals surface area contributed by atoms with Crippen molar-refractivity contribution < 1.29 is 13.5 Å². The average Bonchev–Trinajstić information content (AvgIpc) is 3.03. The number of aryl methyl sites for hydroxylation is 1. The van der Waals surface area contributed by atoms with E-state index in [1.807, 2.05) is 49.4 Å². The molecule has 1 aliphatic rings. The fraction of sp³-hybridized carbons (Fsp3) is 0.371. The fourth-order valence-corrected chi connectivity index (χ4v) is 7.22. The van der Waals surface area contributed by atoms with Gasteiger partial charge in [-0.25, -0.2) is 13.4 Å². The summed E-state index contributed by atoms with van der Waals surface area (Å²) in [4.78, 5) is 11.5. The quantitative estimate of drug-likeness (QED) is 0.136. The third-order valence-corrected chi connectivity index (χ3v) is 9.94. The number of piperidine rings is 1. The van der Waals surface area contributed by atoms with Crippen molar-refractivity contribution in [3.63, 3.8) is 0 Å². The molecule has 5 rings (SSSR count). The summed E-state index contributed by atoms with van der Waals surface area (Å²) in [5.74, 6) is 1.04. The topological polar surface area (TPSA) is 123 Å². The minimum Gasteiger partial charge on any atom is -0.389 e. The maximum atomic E-state index is 14.1. The number of nitrogens with zero attached hydrogens (tertiary/aromatic N) is 4. The van der Waals surface area contributed by atoms with Crippen molar-refractivity contribution in [2.45, 2.75) is 56.7 Å². The number of aromatic nitrogens is 2. The number of benzene rings is 3. The van der Waals surface area contributed by atoms with Crippen LogP contribution in [0.5, 0.6) is 0 Å². The van der Waals surface area contributed by atoms with E-state index in [0.717, 1.165) is 38.2 Å². The van der Waals surface area contributed by atoms with E-state index in [0.29, 0.717) is 37.1 Å². The number of anilines is 4. The van der Waals surface area contributed by atoms with Crippen LogP contribution in [-0.2, 0) is 16.6 Å². The Kier molecular flexibility index (Phi) is 11.0. The van der Waals surface area contributed by atoms with E-state index < -0.39 is 15.6 Å². The Bertz CT molecular complexity index is 1640. The van der Waals surface area contributed by atoms with E-state index in [4.69, 9.17) is 0 Å². The summed E-state index contributed by atoms with van der Waals surface area (Å²) < 4.78 is 29.8. The molecule has 0 unspecified atom stereocenters. The lowest BCUT2D eigenvalue weighted by Gasteiger charge is -2.38. The molecule has 4 N–H and O–H groups in total. The minimum absolute atomic E-state index is 0.115. The van der Waals surface area contributed by atoms with Crippen LogP contribution in [0.3, 0.4) is 0 Å². The SMILES string of the molecule is Cc1ccc(Nc2ccnc(Nc3ccc(S(=O)(=O)N(CCNCC(C)(C)O)C4CCN(Cc5ccccc5)CC4)cc3)n2)cc1. The third kappa shape index (κ3) is 9.57. The number of aliphatic hydroxyl groups is 1. The van der Waals surface area contributed by atoms with Gasteiger partial charge in [0.05, 0.1) is 10.5 Å². The number of likely N-dealkylation sites (tertiary alicyclic amines) is 1. The van der Waals surface area contributed by atoms with Gasteiger partial charge in [-0.2, -0.15) is 9.29 Å². The lowest BCUT2D eigenvalue weighted by Crippen LogP contribution is -2.49. The molecule has 1 aromatic heterocycles. The summed E-state index contributed by atoms with van der Waals surface area (Å²) in [6.07, 6.45) is 3.17. The molecule has 244 valence electrons. The molecule has 10 nitrogen and oxygen atoms in total. The highest BCUT2D eigenvalue weighted by Crippen LogP contribution is 2.27. The van der Waals surface area contributed by atoms with Crippen LogP contribution >= 0.6 is 0 Å². The molecule has 1 saturated heterocycles. The molecule has 0 spiro atoms. The second kappa shape index (κ2) is 15.1. The zero-order valence-electron chi connectivity index (χ0n) is 26.9. The molecule has 0 aliphatic carbocycles. The third-order valence-electron chi connectivity index (χ3n) is 7.98. The highest BCUT2D eigenvalue weighted by molar-refractivity contribution is 7.89. The molecular weight excluding hydrogens is 598 g/mol. The molecule has 3 aromatic carbocycles. The van der Waals surface area contributed by atoms with Gasteiger partial charge in [0.1, 0.15) is 5.82 Å². The van der Waals surface area contributed by atoms with Crippen LogP contribution in [-0.4, -0.2) is 77.1 Å². The Morgan fingerprint density at radius 2 is 1.57 bits per heavy atom. The van der Waals surface area contributed by atoms with Crippen LogP contribution in [0, 0.1) is 6.92 Å². The number of hydrogen-bond donors (Lipinski definition) is 4. The van der Waals surface area contributed by atoms with Crippen molar-refractivity contribution >= 4 is 33.2 Å². The van der Waals surface area contributed by atoms with Gasteiger partial charge in [0.25, 0.3) is 0 Å². The molecular formula is C35H45N7O3S. The Morgan fingerprint density at radius 3 is 2.24 bits per heavy atom. The molecule has 46 heavy (non-hydrogen) atoms. The van der Waals surface area contributed by atoms with Crippen LogP contribution in [0.15, 0.2) is 96.0 Å². The van der Waals surface area contributed by atoms with Gasteiger partial charge in [-0.15, -0.1) is 0 Å². The maximum Gasteiger partial charge on any atom is 0.243 e. The standard InChI is InChI=1S/C35H45N7O3S/c1-27-9-11-29(12-10-27)38-33-17-20-37-34(40-33)39-30-13-15-32(16-14-30)46(44,45)42(24-21-36-26-35(2,3)43)31-18-22-41(23-19-31)25-28-7-5-4-6-8-28/h4-17,20,31,36,43H,18-19,21-26H2,1-3H3,(H2,37,38,39,40). The second-order valence-electron chi connectivity index (χ2n) is 12.5. The predicted molar refractivity (Wildman–Crippen MR) is 184 cm³/mol. The van der Waals surface area contributed by atoms with Gasteiger partial charge < -0.3 is 21.1 Å². The van der Waals surface area contributed by atoms with Crippen molar-refractivity contribution in [3.05, 3.63) is 102 Å². The van der Waals surface area contributed by atoms with E-state index in [1.54, 1.807) is 54.7 Å². The van der Waals surface area contributed by atoms with Crippen molar-refractivity contribution in [1.82, 2.24) is 24.5 Å². The molecule has 2 heterocycles. The lowest BCUT2D eigenvalue weighted by molar-refractivity contribution is 0.0790. The number of sulfonamides is 1. The maximum absolute atomic E-state index is 14.1. The van der Waals surface area contributed by atoms with Crippen molar-refractivity contribution in [1.29, 1.82) is 0 Å². The van der Waals surface area contributed by atoms with Crippen LogP contribution < -0.4 is 16.0 Å². The molecule has 0 saturated carbocycles. The van der Waals surface area contributed by atoms with Crippen molar-refractivity contribution in [3.8, 4) is 0 Å². The Morgan fingerprint density at radius 1 is 0.913 bits per heavy atom. The summed E-state index contributed by atoms with van der Waals surface area (Å²) in [7, 11) is -3.78. The lowest BCUT2D eigenvalue weighted by atomic mass is 10.0. The minimum atomic E-state index is -3.78. The highest BCUT2D eigenvalue weighted by Gasteiger charge is 2.33. The van der Waals surface area contributed by atoms with Crippen LogP contribution in [0.2, 0.25) is 0 Å². The molecule has 11 heteroatoms. The van der Waals surface area contributed by atoms with Crippen LogP contribution in [0.25, 0.3) is 0 Å². The van der Waals surface area contributed by atoms with Gasteiger partial charge in [-0.3, -0.25) is 4.90 Å². The normalized spacial score (nSPS) is 14.8. The molecule has 0 bridgehead atoms. The van der Waals surface area contributed by atoms with E-state index in [9.17, 15) is 13.5 Å². The first-order valence-corrected chi connectivity index (χ1v) is 17.2. The highest BCUT2D eigenvalue weighted by atomic mass is 32.2. The predicted octanol–water partition coefficient (Wildman–Crippen LogP) is 5.29. The Hall–Kier alpha value is -3.87. The summed E-state index contributed by atoms with van der Waals surface area (Å²) in [5, 5.41) is 19.8. The largest absolute Gasteiger partial charge is 0.389 e. The van der Waals surface area contributed by atoms with Crippen molar-refractivity contribution in [2.24, 2.45) is 0 Å². The Balaban J connectivity index is 1.25. The fourth-order valence-electron chi connectivity index (χ4n) is 5.54. The first kappa shape index (κ1) is 33.5. The van der Waals surface area contributed by atoms with Crippen LogP contribution in [0.1, 0.15) is 37.8 Å². The van der Waals surface area contributed by atoms with E-state index >= 15 is 0 Å². The summed E-state index contributed by atoms with van der Waals surface area (Å²) >= 11 is 0. The van der Waals surface area contributed by atoms with Gasteiger partial charge >= 0.3 is 0 Å². The van der Waals surface area contributed by atoms with E-state index in [-0.39, 0.29) is 10.9 Å². The second-order valence-corrected chi connectivity index (χ2v) is 14.4.